The van der Waals surface area contributed by atoms with Crippen LogP contribution < -0.4 is 5.32 Å². The normalized spacial score (nSPS) is 21.5. The molecule has 1 aromatic rings. The van der Waals surface area contributed by atoms with Crippen LogP contribution in [0.4, 0.5) is 17.6 Å². The minimum Gasteiger partial charge on any atom is -0.378 e. The maximum absolute atomic E-state index is 13.5. The lowest BCUT2D eigenvalue weighted by atomic mass is 10.0. The Kier molecular flexibility index (Phi) is 3.35. The standard InChI is InChI=1S/C11H11F4NO/c12-9-2-1-7(11(13,14)15)5-8(9)10-6-17-4-3-16-10/h1-2,5,10,16H,3-4,6H2. The Hall–Kier alpha value is -1.14. The van der Waals surface area contributed by atoms with E-state index in [1.807, 2.05) is 0 Å². The van der Waals surface area contributed by atoms with E-state index in [2.05, 4.69) is 5.32 Å². The van der Waals surface area contributed by atoms with Gasteiger partial charge in [-0.05, 0) is 18.2 Å². The van der Waals surface area contributed by atoms with Gasteiger partial charge in [-0.2, -0.15) is 13.2 Å². The molecule has 0 aliphatic carbocycles. The van der Waals surface area contributed by atoms with E-state index >= 15 is 0 Å². The molecule has 0 aromatic heterocycles. The summed E-state index contributed by atoms with van der Waals surface area (Å²) in [5, 5.41) is 2.92. The molecule has 0 radical (unpaired) electrons. The summed E-state index contributed by atoms with van der Waals surface area (Å²) in [6.07, 6.45) is -4.46. The first kappa shape index (κ1) is 12.3. The van der Waals surface area contributed by atoms with Gasteiger partial charge in [0, 0.05) is 12.1 Å². The summed E-state index contributed by atoms with van der Waals surface area (Å²) in [5.41, 5.74) is -0.846. The molecule has 2 rings (SSSR count). The zero-order chi connectivity index (χ0) is 12.5. The Morgan fingerprint density at radius 1 is 1.29 bits per heavy atom. The maximum atomic E-state index is 13.5. The minimum atomic E-state index is -4.46. The third-order valence-corrected chi connectivity index (χ3v) is 2.62. The lowest BCUT2D eigenvalue weighted by molar-refractivity contribution is -0.137. The zero-order valence-electron chi connectivity index (χ0n) is 8.85. The summed E-state index contributed by atoms with van der Waals surface area (Å²) in [7, 11) is 0. The van der Waals surface area contributed by atoms with E-state index in [1.165, 1.54) is 0 Å². The van der Waals surface area contributed by atoms with E-state index in [-0.39, 0.29) is 12.2 Å². The lowest BCUT2D eigenvalue weighted by Gasteiger charge is -2.25. The summed E-state index contributed by atoms with van der Waals surface area (Å²) in [6, 6.07) is 1.89. The molecule has 94 valence electrons. The number of benzene rings is 1. The van der Waals surface area contributed by atoms with Crippen LogP contribution in [0.2, 0.25) is 0 Å². The van der Waals surface area contributed by atoms with E-state index in [4.69, 9.17) is 4.74 Å². The molecule has 1 aliphatic rings. The Morgan fingerprint density at radius 2 is 2.06 bits per heavy atom. The topological polar surface area (TPSA) is 21.3 Å². The predicted octanol–water partition coefficient (Wildman–Crippen LogP) is 2.51. The third-order valence-electron chi connectivity index (χ3n) is 2.62. The Labute approximate surface area is 95.6 Å². The maximum Gasteiger partial charge on any atom is 0.416 e. The van der Waals surface area contributed by atoms with Gasteiger partial charge in [-0.3, -0.25) is 0 Å². The van der Waals surface area contributed by atoms with Gasteiger partial charge in [-0.15, -0.1) is 0 Å². The molecule has 1 saturated heterocycles. The molecule has 0 amide bonds. The number of hydrogen-bond donors (Lipinski definition) is 1. The number of morpholine rings is 1. The van der Waals surface area contributed by atoms with Crippen molar-refractivity contribution in [2.75, 3.05) is 19.8 Å². The average molecular weight is 249 g/mol. The average Bonchev–Trinajstić information content (AvgIpc) is 2.29. The Bertz CT molecular complexity index is 399. The minimum absolute atomic E-state index is 0.000440. The van der Waals surface area contributed by atoms with Crippen LogP contribution in [0.1, 0.15) is 17.2 Å². The first-order chi connectivity index (χ1) is 7.98. The lowest BCUT2D eigenvalue weighted by Crippen LogP contribution is -2.35. The van der Waals surface area contributed by atoms with Gasteiger partial charge in [0.15, 0.2) is 0 Å². The summed E-state index contributed by atoms with van der Waals surface area (Å²) in [4.78, 5) is 0. The summed E-state index contributed by atoms with van der Waals surface area (Å²) < 4.78 is 56.1. The zero-order valence-corrected chi connectivity index (χ0v) is 8.85. The van der Waals surface area contributed by atoms with Gasteiger partial charge in [0.1, 0.15) is 5.82 Å². The molecule has 0 bridgehead atoms. The molecule has 6 heteroatoms. The quantitative estimate of drug-likeness (QED) is 0.772. The van der Waals surface area contributed by atoms with Crippen molar-refractivity contribution < 1.29 is 22.3 Å². The largest absolute Gasteiger partial charge is 0.416 e. The van der Waals surface area contributed by atoms with Gasteiger partial charge >= 0.3 is 6.18 Å². The van der Waals surface area contributed by atoms with Gasteiger partial charge in [0.2, 0.25) is 0 Å². The van der Waals surface area contributed by atoms with Crippen molar-refractivity contribution in [2.24, 2.45) is 0 Å². The molecule has 1 unspecified atom stereocenters. The fourth-order valence-electron chi connectivity index (χ4n) is 1.75. The second-order valence-electron chi connectivity index (χ2n) is 3.82. The van der Waals surface area contributed by atoms with E-state index < -0.39 is 23.6 Å². The van der Waals surface area contributed by atoms with E-state index in [0.29, 0.717) is 13.2 Å². The predicted molar refractivity (Wildman–Crippen MR) is 53.0 cm³/mol. The Balaban J connectivity index is 2.31. The number of alkyl halides is 3. The van der Waals surface area contributed by atoms with Crippen molar-refractivity contribution >= 4 is 0 Å². The Morgan fingerprint density at radius 3 is 2.65 bits per heavy atom. The summed E-state index contributed by atoms with van der Waals surface area (Å²) >= 11 is 0. The van der Waals surface area contributed by atoms with Crippen molar-refractivity contribution in [2.45, 2.75) is 12.2 Å². The van der Waals surface area contributed by atoms with Gasteiger partial charge in [-0.25, -0.2) is 4.39 Å². The molecule has 1 aromatic carbocycles. The van der Waals surface area contributed by atoms with Crippen molar-refractivity contribution in [1.29, 1.82) is 0 Å². The molecule has 1 heterocycles. The third kappa shape index (κ3) is 2.76. The van der Waals surface area contributed by atoms with Crippen molar-refractivity contribution in [3.05, 3.63) is 35.1 Å². The van der Waals surface area contributed by atoms with E-state index in [1.54, 1.807) is 0 Å². The number of ether oxygens (including phenoxy) is 1. The molecule has 17 heavy (non-hydrogen) atoms. The van der Waals surface area contributed by atoms with Crippen LogP contribution in [0.5, 0.6) is 0 Å². The molecule has 2 nitrogen and oxygen atoms in total. The van der Waals surface area contributed by atoms with E-state index in [9.17, 15) is 17.6 Å². The molecular formula is C11H11F4NO. The molecule has 1 atom stereocenters. The summed E-state index contributed by atoms with van der Waals surface area (Å²) in [5.74, 6) is -0.652. The molecule has 1 N–H and O–H groups in total. The van der Waals surface area contributed by atoms with Gasteiger partial charge in [-0.1, -0.05) is 0 Å². The van der Waals surface area contributed by atoms with Crippen LogP contribution in [0, 0.1) is 5.82 Å². The second kappa shape index (κ2) is 4.62. The number of halogens is 4. The first-order valence-corrected chi connectivity index (χ1v) is 5.16. The molecule has 0 spiro atoms. The highest BCUT2D eigenvalue weighted by Gasteiger charge is 2.32. The number of rotatable bonds is 1. The first-order valence-electron chi connectivity index (χ1n) is 5.16. The number of nitrogens with one attached hydrogen (secondary N) is 1. The summed E-state index contributed by atoms with van der Waals surface area (Å²) in [6.45, 7) is 1.16. The van der Waals surface area contributed by atoms with Crippen LogP contribution in [0.25, 0.3) is 0 Å². The van der Waals surface area contributed by atoms with Crippen LogP contribution >= 0.6 is 0 Å². The van der Waals surface area contributed by atoms with Crippen LogP contribution in [-0.2, 0) is 10.9 Å². The molecular weight excluding hydrogens is 238 g/mol. The van der Waals surface area contributed by atoms with Crippen LogP contribution in [-0.4, -0.2) is 19.8 Å². The number of hydrogen-bond acceptors (Lipinski definition) is 2. The van der Waals surface area contributed by atoms with Crippen LogP contribution in [0.3, 0.4) is 0 Å². The molecule has 1 fully saturated rings. The van der Waals surface area contributed by atoms with E-state index in [0.717, 1.165) is 18.2 Å². The van der Waals surface area contributed by atoms with Gasteiger partial charge in [0.05, 0.1) is 24.8 Å². The highest BCUT2D eigenvalue weighted by Crippen LogP contribution is 2.32. The highest BCUT2D eigenvalue weighted by atomic mass is 19.4. The highest BCUT2D eigenvalue weighted by molar-refractivity contribution is 5.29. The smallest absolute Gasteiger partial charge is 0.378 e. The second-order valence-corrected chi connectivity index (χ2v) is 3.82. The van der Waals surface area contributed by atoms with Gasteiger partial charge in [0.25, 0.3) is 0 Å². The van der Waals surface area contributed by atoms with Crippen molar-refractivity contribution in [3.8, 4) is 0 Å². The van der Waals surface area contributed by atoms with Gasteiger partial charge < -0.3 is 10.1 Å². The van der Waals surface area contributed by atoms with Crippen molar-refractivity contribution in [1.82, 2.24) is 5.32 Å². The molecule has 1 aliphatic heterocycles. The van der Waals surface area contributed by atoms with Crippen LogP contribution in [0.15, 0.2) is 18.2 Å². The fourth-order valence-corrected chi connectivity index (χ4v) is 1.75. The molecule has 0 saturated carbocycles. The SMILES string of the molecule is Fc1ccc(C(F)(F)F)cc1C1COCCN1. The monoisotopic (exact) mass is 249 g/mol. The van der Waals surface area contributed by atoms with Crippen molar-refractivity contribution in [3.63, 3.8) is 0 Å². The fraction of sp³-hybridized carbons (Fsp3) is 0.455.